The predicted octanol–water partition coefficient (Wildman–Crippen LogP) is 4.82. The molecule has 3 aromatic carbocycles. The standard InChI is InChI=1S/C24H20FN3O2/c1-16-4-2-3-5-21(16)24-28-27-23(30-24)19-10-8-18(9-11-19)22(29)26-15-14-17-6-12-20(25)13-7-17/h2-13H,14-15H2,1H3,(H,26,29). The zero-order chi connectivity index (χ0) is 20.9. The van der Waals surface area contributed by atoms with Crippen LogP contribution in [0.2, 0.25) is 0 Å². The minimum atomic E-state index is -0.268. The molecule has 1 heterocycles. The molecule has 0 aliphatic carbocycles. The normalized spacial score (nSPS) is 10.7. The Balaban J connectivity index is 1.38. The zero-order valence-corrected chi connectivity index (χ0v) is 16.4. The van der Waals surface area contributed by atoms with E-state index in [1.54, 1.807) is 36.4 Å². The number of aryl methyl sites for hydroxylation is 1. The molecule has 1 aromatic heterocycles. The van der Waals surface area contributed by atoms with Crippen LogP contribution in [0.15, 0.2) is 77.2 Å². The van der Waals surface area contributed by atoms with Gasteiger partial charge in [-0.05, 0) is 66.9 Å². The maximum Gasteiger partial charge on any atom is 0.251 e. The molecule has 1 N–H and O–H groups in total. The second-order valence-electron chi connectivity index (χ2n) is 6.94. The van der Waals surface area contributed by atoms with Gasteiger partial charge in [0.1, 0.15) is 5.82 Å². The minimum Gasteiger partial charge on any atom is -0.416 e. The number of hydrogen-bond acceptors (Lipinski definition) is 4. The fourth-order valence-electron chi connectivity index (χ4n) is 3.10. The van der Waals surface area contributed by atoms with Gasteiger partial charge in [0.05, 0.1) is 0 Å². The number of rotatable bonds is 6. The van der Waals surface area contributed by atoms with Gasteiger partial charge in [-0.3, -0.25) is 4.79 Å². The van der Waals surface area contributed by atoms with Gasteiger partial charge in [0.2, 0.25) is 11.8 Å². The highest BCUT2D eigenvalue weighted by molar-refractivity contribution is 5.94. The summed E-state index contributed by atoms with van der Waals surface area (Å²) in [6.45, 7) is 2.46. The summed E-state index contributed by atoms with van der Waals surface area (Å²) < 4.78 is 18.7. The van der Waals surface area contributed by atoms with Crippen molar-refractivity contribution in [3.8, 4) is 22.9 Å². The van der Waals surface area contributed by atoms with Crippen molar-refractivity contribution in [3.63, 3.8) is 0 Å². The molecule has 0 radical (unpaired) electrons. The van der Waals surface area contributed by atoms with Crippen LogP contribution in [0.5, 0.6) is 0 Å². The lowest BCUT2D eigenvalue weighted by Crippen LogP contribution is -2.25. The molecule has 0 atom stereocenters. The Morgan fingerprint density at radius 1 is 0.933 bits per heavy atom. The van der Waals surface area contributed by atoms with Crippen molar-refractivity contribution in [3.05, 3.63) is 95.3 Å². The number of nitrogens with zero attached hydrogens (tertiary/aromatic N) is 2. The van der Waals surface area contributed by atoms with Crippen molar-refractivity contribution < 1.29 is 13.6 Å². The highest BCUT2D eigenvalue weighted by Crippen LogP contribution is 2.26. The average molecular weight is 401 g/mol. The first-order valence-corrected chi connectivity index (χ1v) is 9.63. The van der Waals surface area contributed by atoms with Gasteiger partial charge in [0.15, 0.2) is 0 Å². The molecular formula is C24H20FN3O2. The molecule has 0 unspecified atom stereocenters. The first-order valence-electron chi connectivity index (χ1n) is 9.63. The lowest BCUT2D eigenvalue weighted by molar-refractivity contribution is 0.0954. The number of carbonyl (C=O) groups is 1. The number of carbonyl (C=O) groups excluding carboxylic acids is 1. The van der Waals surface area contributed by atoms with Crippen LogP contribution in [-0.4, -0.2) is 22.6 Å². The molecule has 5 nitrogen and oxygen atoms in total. The summed E-state index contributed by atoms with van der Waals surface area (Å²) in [5.41, 5.74) is 4.20. The summed E-state index contributed by atoms with van der Waals surface area (Å²) >= 11 is 0. The van der Waals surface area contributed by atoms with Crippen LogP contribution in [0.25, 0.3) is 22.9 Å². The third-order valence-electron chi connectivity index (χ3n) is 4.81. The summed E-state index contributed by atoms with van der Waals surface area (Å²) in [6.07, 6.45) is 0.633. The van der Waals surface area contributed by atoms with Gasteiger partial charge in [-0.1, -0.05) is 30.3 Å². The lowest BCUT2D eigenvalue weighted by Gasteiger charge is -2.06. The Bertz CT molecular complexity index is 1150. The van der Waals surface area contributed by atoms with Gasteiger partial charge in [0, 0.05) is 23.2 Å². The maximum absolute atomic E-state index is 12.9. The first kappa shape index (κ1) is 19.5. The van der Waals surface area contributed by atoms with Crippen LogP contribution < -0.4 is 5.32 Å². The molecule has 0 saturated carbocycles. The van der Waals surface area contributed by atoms with Crippen molar-refractivity contribution in [1.29, 1.82) is 0 Å². The fraction of sp³-hybridized carbons (Fsp3) is 0.125. The number of nitrogens with one attached hydrogen (secondary N) is 1. The van der Waals surface area contributed by atoms with E-state index in [1.807, 2.05) is 31.2 Å². The molecule has 30 heavy (non-hydrogen) atoms. The zero-order valence-electron chi connectivity index (χ0n) is 16.4. The van der Waals surface area contributed by atoms with Crippen LogP contribution in [0.1, 0.15) is 21.5 Å². The summed E-state index contributed by atoms with van der Waals surface area (Å²) in [5, 5.41) is 11.1. The highest BCUT2D eigenvalue weighted by Gasteiger charge is 2.13. The van der Waals surface area contributed by atoms with Crippen molar-refractivity contribution in [2.24, 2.45) is 0 Å². The molecule has 6 heteroatoms. The third-order valence-corrected chi connectivity index (χ3v) is 4.81. The van der Waals surface area contributed by atoms with Crippen LogP contribution in [0.4, 0.5) is 4.39 Å². The van der Waals surface area contributed by atoms with Crippen molar-refractivity contribution in [1.82, 2.24) is 15.5 Å². The molecule has 4 rings (SSSR count). The largest absolute Gasteiger partial charge is 0.416 e. The number of amides is 1. The maximum atomic E-state index is 12.9. The van der Waals surface area contributed by atoms with Crippen LogP contribution >= 0.6 is 0 Å². The van der Waals surface area contributed by atoms with Gasteiger partial charge in [-0.2, -0.15) is 0 Å². The van der Waals surface area contributed by atoms with E-state index in [9.17, 15) is 9.18 Å². The van der Waals surface area contributed by atoms with E-state index in [4.69, 9.17) is 4.42 Å². The summed E-state index contributed by atoms with van der Waals surface area (Å²) in [6, 6.07) is 21.1. The molecular weight excluding hydrogens is 381 g/mol. The monoisotopic (exact) mass is 401 g/mol. The van der Waals surface area contributed by atoms with Gasteiger partial charge in [0.25, 0.3) is 5.91 Å². The second kappa shape index (κ2) is 8.69. The Kier molecular flexibility index (Phi) is 5.66. The molecule has 0 spiro atoms. The Hall–Kier alpha value is -3.80. The molecule has 0 aliphatic heterocycles. The van der Waals surface area contributed by atoms with E-state index >= 15 is 0 Å². The van der Waals surface area contributed by atoms with E-state index in [-0.39, 0.29) is 11.7 Å². The summed E-state index contributed by atoms with van der Waals surface area (Å²) in [5.74, 6) is 0.423. The predicted molar refractivity (Wildman–Crippen MR) is 112 cm³/mol. The molecule has 4 aromatic rings. The van der Waals surface area contributed by atoms with E-state index < -0.39 is 0 Å². The van der Waals surface area contributed by atoms with Crippen molar-refractivity contribution in [2.75, 3.05) is 6.54 Å². The first-order chi connectivity index (χ1) is 14.6. The number of halogens is 1. The number of hydrogen-bond donors (Lipinski definition) is 1. The molecule has 0 bridgehead atoms. The Labute approximate surface area is 173 Å². The Morgan fingerprint density at radius 2 is 1.63 bits per heavy atom. The van der Waals surface area contributed by atoms with Gasteiger partial charge in [-0.25, -0.2) is 4.39 Å². The van der Waals surface area contributed by atoms with Crippen molar-refractivity contribution >= 4 is 5.91 Å². The van der Waals surface area contributed by atoms with Crippen LogP contribution in [0, 0.1) is 12.7 Å². The van der Waals surface area contributed by atoms with E-state index in [2.05, 4.69) is 15.5 Å². The SMILES string of the molecule is Cc1ccccc1-c1nnc(-c2ccc(C(=O)NCCc3ccc(F)cc3)cc2)o1. The topological polar surface area (TPSA) is 68.0 Å². The molecule has 0 fully saturated rings. The number of benzene rings is 3. The highest BCUT2D eigenvalue weighted by atomic mass is 19.1. The van der Waals surface area contributed by atoms with Gasteiger partial charge in [-0.15, -0.1) is 10.2 Å². The number of aromatic nitrogens is 2. The van der Waals surface area contributed by atoms with E-state index in [0.717, 1.165) is 22.3 Å². The molecule has 150 valence electrons. The fourth-order valence-corrected chi connectivity index (χ4v) is 3.10. The quantitative estimate of drug-likeness (QED) is 0.503. The molecule has 1 amide bonds. The van der Waals surface area contributed by atoms with Crippen LogP contribution in [-0.2, 0) is 6.42 Å². The summed E-state index contributed by atoms with van der Waals surface area (Å²) in [7, 11) is 0. The second-order valence-corrected chi connectivity index (χ2v) is 6.94. The van der Waals surface area contributed by atoms with Crippen molar-refractivity contribution in [2.45, 2.75) is 13.3 Å². The van der Waals surface area contributed by atoms with E-state index in [0.29, 0.717) is 30.3 Å². The average Bonchev–Trinajstić information content (AvgIpc) is 3.25. The molecule has 0 aliphatic rings. The van der Waals surface area contributed by atoms with Gasteiger partial charge < -0.3 is 9.73 Å². The van der Waals surface area contributed by atoms with Gasteiger partial charge >= 0.3 is 0 Å². The van der Waals surface area contributed by atoms with E-state index in [1.165, 1.54) is 12.1 Å². The third kappa shape index (κ3) is 4.43. The minimum absolute atomic E-state index is 0.171. The molecule has 0 saturated heterocycles. The van der Waals surface area contributed by atoms with Crippen LogP contribution in [0.3, 0.4) is 0 Å². The Morgan fingerprint density at radius 3 is 2.37 bits per heavy atom. The smallest absolute Gasteiger partial charge is 0.251 e. The summed E-state index contributed by atoms with van der Waals surface area (Å²) in [4.78, 5) is 12.3. The lowest BCUT2D eigenvalue weighted by atomic mass is 10.1.